The molecule has 7 nitrogen and oxygen atoms in total. The lowest BCUT2D eigenvalue weighted by Crippen LogP contribution is -2.38. The summed E-state index contributed by atoms with van der Waals surface area (Å²) >= 11 is 0. The zero-order valence-corrected chi connectivity index (χ0v) is 20.8. The van der Waals surface area contributed by atoms with Crippen LogP contribution in [-0.2, 0) is 14.3 Å². The largest absolute Gasteiger partial charge is 0.481 e. The summed E-state index contributed by atoms with van der Waals surface area (Å²) < 4.78 is 5.58. The molecule has 1 atom stereocenters. The van der Waals surface area contributed by atoms with Crippen molar-refractivity contribution in [1.82, 2.24) is 10.2 Å². The van der Waals surface area contributed by atoms with E-state index in [0.29, 0.717) is 32.4 Å². The fourth-order valence-electron chi connectivity index (χ4n) is 4.59. The number of hydrogen-bond acceptors (Lipinski definition) is 4. The Hall–Kier alpha value is -3.35. The maximum absolute atomic E-state index is 12.6. The first-order chi connectivity index (χ1) is 16.8. The van der Waals surface area contributed by atoms with Gasteiger partial charge in [0.05, 0.1) is 0 Å². The predicted molar refractivity (Wildman–Crippen MR) is 135 cm³/mol. The molecule has 1 aliphatic rings. The summed E-state index contributed by atoms with van der Waals surface area (Å²) in [4.78, 5) is 37.5. The SMILES string of the molecule is CC(CCC(=O)N(CCCC(=O)O)C(C)C)CNC(=O)OCC1c2ccccc2-c2ccccc21. The molecule has 0 saturated carbocycles. The molecule has 35 heavy (non-hydrogen) atoms. The minimum Gasteiger partial charge on any atom is -0.481 e. The Balaban J connectivity index is 1.42. The van der Waals surface area contributed by atoms with Gasteiger partial charge < -0.3 is 20.1 Å². The summed E-state index contributed by atoms with van der Waals surface area (Å²) in [6.45, 7) is 6.98. The number of fused-ring (bicyclic) bond motifs is 3. The van der Waals surface area contributed by atoms with Crippen molar-refractivity contribution >= 4 is 18.0 Å². The maximum atomic E-state index is 12.6. The van der Waals surface area contributed by atoms with E-state index in [1.807, 2.05) is 45.0 Å². The number of benzene rings is 2. The summed E-state index contributed by atoms with van der Waals surface area (Å²) in [5, 5.41) is 11.6. The molecule has 0 aromatic heterocycles. The summed E-state index contributed by atoms with van der Waals surface area (Å²) in [6.07, 6.45) is 1.03. The van der Waals surface area contributed by atoms with Crippen LogP contribution < -0.4 is 5.32 Å². The van der Waals surface area contributed by atoms with Crippen LogP contribution >= 0.6 is 0 Å². The number of nitrogens with one attached hydrogen (secondary N) is 1. The summed E-state index contributed by atoms with van der Waals surface area (Å²) in [7, 11) is 0. The second-order valence-electron chi connectivity index (χ2n) is 9.53. The molecule has 0 fully saturated rings. The Labute approximate surface area is 207 Å². The number of rotatable bonds is 12. The number of carbonyl (C=O) groups excluding carboxylic acids is 2. The molecule has 2 aromatic rings. The van der Waals surface area contributed by atoms with Gasteiger partial charge >= 0.3 is 12.1 Å². The zero-order valence-electron chi connectivity index (χ0n) is 20.8. The summed E-state index contributed by atoms with van der Waals surface area (Å²) in [5.41, 5.74) is 4.72. The number of aliphatic carboxylic acids is 1. The normalized spacial score (nSPS) is 13.1. The molecule has 0 aliphatic heterocycles. The van der Waals surface area contributed by atoms with Crippen molar-refractivity contribution < 1.29 is 24.2 Å². The van der Waals surface area contributed by atoms with E-state index in [0.717, 1.165) is 0 Å². The van der Waals surface area contributed by atoms with Crippen LogP contribution in [0.5, 0.6) is 0 Å². The lowest BCUT2D eigenvalue weighted by Gasteiger charge is -2.27. The second kappa shape index (κ2) is 12.4. The van der Waals surface area contributed by atoms with Gasteiger partial charge in [-0.2, -0.15) is 0 Å². The highest BCUT2D eigenvalue weighted by Crippen LogP contribution is 2.44. The Bertz CT molecular complexity index is 990. The average molecular weight is 481 g/mol. The van der Waals surface area contributed by atoms with Gasteiger partial charge in [-0.3, -0.25) is 9.59 Å². The Morgan fingerprint density at radius 3 is 2.14 bits per heavy atom. The van der Waals surface area contributed by atoms with Crippen molar-refractivity contribution in [3.8, 4) is 11.1 Å². The molecule has 0 saturated heterocycles. The van der Waals surface area contributed by atoms with Crippen molar-refractivity contribution in [2.75, 3.05) is 19.7 Å². The van der Waals surface area contributed by atoms with E-state index in [1.165, 1.54) is 22.3 Å². The molecule has 2 N–H and O–H groups in total. The lowest BCUT2D eigenvalue weighted by molar-refractivity contribution is -0.138. The molecule has 188 valence electrons. The van der Waals surface area contributed by atoms with Gasteiger partial charge in [0.15, 0.2) is 0 Å². The third-order valence-electron chi connectivity index (χ3n) is 6.52. The van der Waals surface area contributed by atoms with Crippen LogP contribution in [0.2, 0.25) is 0 Å². The van der Waals surface area contributed by atoms with Crippen LogP contribution in [0.15, 0.2) is 48.5 Å². The molecule has 2 amide bonds. The number of carboxylic acid groups (broad SMARTS) is 1. The van der Waals surface area contributed by atoms with E-state index in [1.54, 1.807) is 4.90 Å². The fourth-order valence-corrected chi connectivity index (χ4v) is 4.59. The second-order valence-corrected chi connectivity index (χ2v) is 9.53. The topological polar surface area (TPSA) is 95.9 Å². The fraction of sp³-hybridized carbons (Fsp3) is 0.464. The number of carbonyl (C=O) groups is 3. The quantitative estimate of drug-likeness (QED) is 0.444. The van der Waals surface area contributed by atoms with Gasteiger partial charge in [0.25, 0.3) is 0 Å². The minimum absolute atomic E-state index is 0.0124. The molecular formula is C28H36N2O5. The number of ether oxygens (including phenoxy) is 1. The highest BCUT2D eigenvalue weighted by atomic mass is 16.5. The molecule has 7 heteroatoms. The maximum Gasteiger partial charge on any atom is 0.407 e. The standard InChI is InChI=1S/C28H36N2O5/c1-19(2)30(16-8-13-27(32)33)26(31)15-14-20(3)17-29-28(34)35-18-25-23-11-6-4-9-21(23)22-10-5-7-12-24(22)25/h4-7,9-12,19-20,25H,8,13-18H2,1-3H3,(H,29,34)(H,32,33). The molecule has 2 aromatic carbocycles. The van der Waals surface area contributed by atoms with Gasteiger partial charge in [0.1, 0.15) is 6.61 Å². The van der Waals surface area contributed by atoms with Crippen molar-refractivity contribution in [1.29, 1.82) is 0 Å². The number of hydrogen-bond donors (Lipinski definition) is 2. The van der Waals surface area contributed by atoms with E-state index in [2.05, 4.69) is 29.6 Å². The number of carboxylic acids is 1. The third-order valence-corrected chi connectivity index (χ3v) is 6.52. The Morgan fingerprint density at radius 1 is 0.971 bits per heavy atom. The third kappa shape index (κ3) is 7.07. The van der Waals surface area contributed by atoms with Crippen molar-refractivity contribution in [2.24, 2.45) is 5.92 Å². The van der Waals surface area contributed by atoms with Crippen LogP contribution in [0.25, 0.3) is 11.1 Å². The van der Waals surface area contributed by atoms with Crippen LogP contribution in [-0.4, -0.2) is 53.7 Å². The van der Waals surface area contributed by atoms with Gasteiger partial charge in [0.2, 0.25) is 5.91 Å². The van der Waals surface area contributed by atoms with Gasteiger partial charge in [-0.05, 0) is 54.9 Å². The van der Waals surface area contributed by atoms with Crippen molar-refractivity contribution in [3.05, 3.63) is 59.7 Å². The van der Waals surface area contributed by atoms with Gasteiger partial charge in [-0.1, -0.05) is 55.5 Å². The smallest absolute Gasteiger partial charge is 0.407 e. The van der Waals surface area contributed by atoms with Crippen molar-refractivity contribution in [3.63, 3.8) is 0 Å². The summed E-state index contributed by atoms with van der Waals surface area (Å²) in [6, 6.07) is 16.5. The summed E-state index contributed by atoms with van der Waals surface area (Å²) in [5.74, 6) is -0.716. The molecule has 0 bridgehead atoms. The first-order valence-electron chi connectivity index (χ1n) is 12.4. The number of amides is 2. The molecular weight excluding hydrogens is 444 g/mol. The number of alkyl carbamates (subject to hydrolysis) is 1. The van der Waals surface area contributed by atoms with E-state index >= 15 is 0 Å². The van der Waals surface area contributed by atoms with Crippen molar-refractivity contribution in [2.45, 2.75) is 58.4 Å². The highest BCUT2D eigenvalue weighted by Gasteiger charge is 2.29. The van der Waals surface area contributed by atoms with Gasteiger partial charge in [0, 0.05) is 37.9 Å². The zero-order chi connectivity index (χ0) is 25.4. The minimum atomic E-state index is -0.853. The number of nitrogens with zero attached hydrogens (tertiary/aromatic N) is 1. The van der Waals surface area contributed by atoms with Crippen LogP contribution in [0, 0.1) is 5.92 Å². The monoisotopic (exact) mass is 480 g/mol. The van der Waals surface area contributed by atoms with Gasteiger partial charge in [-0.15, -0.1) is 0 Å². The lowest BCUT2D eigenvalue weighted by atomic mass is 9.98. The average Bonchev–Trinajstić information content (AvgIpc) is 3.16. The van der Waals surface area contributed by atoms with Gasteiger partial charge in [-0.25, -0.2) is 4.79 Å². The van der Waals surface area contributed by atoms with E-state index in [9.17, 15) is 14.4 Å². The Morgan fingerprint density at radius 2 is 1.57 bits per heavy atom. The predicted octanol–water partition coefficient (Wildman–Crippen LogP) is 5.04. The molecule has 0 heterocycles. The van der Waals surface area contributed by atoms with Crippen LogP contribution in [0.3, 0.4) is 0 Å². The molecule has 0 radical (unpaired) electrons. The molecule has 0 spiro atoms. The molecule has 1 aliphatic carbocycles. The van der Waals surface area contributed by atoms with Crippen LogP contribution in [0.1, 0.15) is 63.5 Å². The Kier molecular flexibility index (Phi) is 9.29. The first-order valence-corrected chi connectivity index (χ1v) is 12.4. The molecule has 3 rings (SSSR count). The first kappa shape index (κ1) is 26.3. The van der Waals surface area contributed by atoms with E-state index < -0.39 is 12.1 Å². The molecule has 1 unspecified atom stereocenters. The van der Waals surface area contributed by atoms with E-state index in [4.69, 9.17) is 9.84 Å². The van der Waals surface area contributed by atoms with E-state index in [-0.39, 0.29) is 36.8 Å². The van der Waals surface area contributed by atoms with Crippen LogP contribution in [0.4, 0.5) is 4.79 Å². The highest BCUT2D eigenvalue weighted by molar-refractivity contribution is 5.79.